The van der Waals surface area contributed by atoms with Gasteiger partial charge in [0, 0.05) is 11.5 Å². The molecule has 2 aliphatic heterocycles. The van der Waals surface area contributed by atoms with Crippen molar-refractivity contribution in [3.8, 4) is 0 Å². The summed E-state index contributed by atoms with van der Waals surface area (Å²) < 4.78 is 22.5. The molecule has 18 heavy (non-hydrogen) atoms. The van der Waals surface area contributed by atoms with Gasteiger partial charge in [-0.1, -0.05) is 21.6 Å². The van der Waals surface area contributed by atoms with Gasteiger partial charge in [0.25, 0.3) is 0 Å². The minimum atomic E-state index is -0.414. The molecule has 0 spiro atoms. The van der Waals surface area contributed by atoms with Gasteiger partial charge in [0.1, 0.15) is 0 Å². The second-order valence-corrected chi connectivity index (χ2v) is 8.02. The highest BCUT2D eigenvalue weighted by atomic mass is 33.1. The first-order valence-electron chi connectivity index (χ1n) is 6.24. The summed E-state index contributed by atoms with van der Waals surface area (Å²) in [7, 11) is 3.63. The molecule has 0 radical (unpaired) electrons. The van der Waals surface area contributed by atoms with Crippen LogP contribution in [0.25, 0.3) is 0 Å². The van der Waals surface area contributed by atoms with Crippen LogP contribution in [0.2, 0.25) is 0 Å². The lowest BCUT2D eigenvalue weighted by atomic mass is 10.4. The molecule has 2 fully saturated rings. The summed E-state index contributed by atoms with van der Waals surface area (Å²) in [4.78, 5) is 0. The van der Waals surface area contributed by atoms with Crippen molar-refractivity contribution in [2.75, 3.05) is 24.7 Å². The van der Waals surface area contributed by atoms with E-state index in [9.17, 15) is 0 Å². The maximum absolute atomic E-state index is 5.74. The minimum absolute atomic E-state index is 0.203. The van der Waals surface area contributed by atoms with E-state index in [-0.39, 0.29) is 12.2 Å². The van der Waals surface area contributed by atoms with Crippen LogP contribution in [0, 0.1) is 0 Å². The molecule has 0 unspecified atom stereocenters. The average Bonchev–Trinajstić information content (AvgIpc) is 2.76. The molecule has 2 rings (SSSR count). The summed E-state index contributed by atoms with van der Waals surface area (Å²) in [6, 6.07) is 0. The second-order valence-electron chi connectivity index (χ2n) is 5.47. The molecule has 0 aliphatic carbocycles. The van der Waals surface area contributed by atoms with E-state index < -0.39 is 11.6 Å². The zero-order valence-electron chi connectivity index (χ0n) is 11.4. The van der Waals surface area contributed by atoms with Crippen molar-refractivity contribution in [2.24, 2.45) is 0 Å². The van der Waals surface area contributed by atoms with Crippen molar-refractivity contribution >= 4 is 21.6 Å². The molecule has 2 heterocycles. The molecule has 0 aromatic rings. The van der Waals surface area contributed by atoms with Crippen molar-refractivity contribution in [1.82, 2.24) is 0 Å². The maximum atomic E-state index is 5.74. The van der Waals surface area contributed by atoms with Gasteiger partial charge in [-0.05, 0) is 27.7 Å². The first-order chi connectivity index (χ1) is 8.36. The Bertz CT molecular complexity index is 255. The average molecular weight is 294 g/mol. The Morgan fingerprint density at radius 2 is 1.22 bits per heavy atom. The van der Waals surface area contributed by atoms with Crippen molar-refractivity contribution in [2.45, 2.75) is 51.5 Å². The molecule has 0 N–H and O–H groups in total. The lowest BCUT2D eigenvalue weighted by molar-refractivity contribution is -0.136. The highest BCUT2D eigenvalue weighted by Gasteiger charge is 2.34. The summed E-state index contributed by atoms with van der Waals surface area (Å²) in [5.41, 5.74) is 0. The quantitative estimate of drug-likeness (QED) is 0.573. The largest absolute Gasteiger partial charge is 0.348 e. The summed E-state index contributed by atoms with van der Waals surface area (Å²) in [6.07, 6.45) is 0.407. The standard InChI is InChI=1S/C12H22O4S2/c1-11(2)13-5-9(15-11)7-17-18-8-10-6-14-12(3,4)16-10/h9-10H,5-8H2,1-4H3/t9-,10-/m1/s1. The predicted octanol–water partition coefficient (Wildman–Crippen LogP) is 2.67. The molecule has 0 saturated carbocycles. The van der Waals surface area contributed by atoms with Crippen LogP contribution in [0.15, 0.2) is 0 Å². The van der Waals surface area contributed by atoms with Crippen molar-refractivity contribution in [1.29, 1.82) is 0 Å². The second kappa shape index (κ2) is 5.89. The predicted molar refractivity (Wildman–Crippen MR) is 74.7 cm³/mol. The number of ether oxygens (including phenoxy) is 4. The SMILES string of the molecule is CC1(C)OC[C@H](CSSC[C@H]2COC(C)(C)O2)O1. The van der Waals surface area contributed by atoms with Crippen LogP contribution in [0.1, 0.15) is 27.7 Å². The third-order valence-corrected chi connectivity index (χ3v) is 5.22. The lowest BCUT2D eigenvalue weighted by Crippen LogP contribution is -2.23. The van der Waals surface area contributed by atoms with Crippen LogP contribution in [0.3, 0.4) is 0 Å². The summed E-state index contributed by atoms with van der Waals surface area (Å²) in [6.45, 7) is 9.20. The Kier molecular flexibility index (Phi) is 4.89. The zero-order chi connectivity index (χ0) is 13.2. The Morgan fingerprint density at radius 3 is 1.50 bits per heavy atom. The van der Waals surface area contributed by atoms with Crippen LogP contribution in [0.4, 0.5) is 0 Å². The number of hydrogen-bond donors (Lipinski definition) is 0. The summed E-state index contributed by atoms with van der Waals surface area (Å²) >= 11 is 0. The molecule has 2 atom stereocenters. The van der Waals surface area contributed by atoms with Gasteiger partial charge in [0.2, 0.25) is 0 Å². The van der Waals surface area contributed by atoms with Crippen molar-refractivity contribution in [3.05, 3.63) is 0 Å². The topological polar surface area (TPSA) is 36.9 Å². The molecule has 2 saturated heterocycles. The van der Waals surface area contributed by atoms with E-state index in [1.807, 2.05) is 49.3 Å². The van der Waals surface area contributed by atoms with E-state index in [0.717, 1.165) is 11.5 Å². The minimum Gasteiger partial charge on any atom is -0.348 e. The smallest absolute Gasteiger partial charge is 0.163 e. The molecule has 106 valence electrons. The van der Waals surface area contributed by atoms with Crippen LogP contribution in [-0.4, -0.2) is 48.5 Å². The van der Waals surface area contributed by atoms with Crippen LogP contribution in [-0.2, 0) is 18.9 Å². The van der Waals surface area contributed by atoms with Gasteiger partial charge >= 0.3 is 0 Å². The van der Waals surface area contributed by atoms with E-state index in [1.54, 1.807) is 0 Å². The van der Waals surface area contributed by atoms with E-state index >= 15 is 0 Å². The van der Waals surface area contributed by atoms with Gasteiger partial charge < -0.3 is 18.9 Å². The van der Waals surface area contributed by atoms with Crippen LogP contribution >= 0.6 is 21.6 Å². The fourth-order valence-electron chi connectivity index (χ4n) is 1.94. The lowest BCUT2D eigenvalue weighted by Gasteiger charge is -2.17. The fraction of sp³-hybridized carbons (Fsp3) is 1.00. The van der Waals surface area contributed by atoms with Gasteiger partial charge in [-0.15, -0.1) is 0 Å². The van der Waals surface area contributed by atoms with Gasteiger partial charge in [-0.25, -0.2) is 0 Å². The molecule has 0 aromatic heterocycles. The molecule has 2 aliphatic rings. The highest BCUT2D eigenvalue weighted by molar-refractivity contribution is 8.76. The molecular formula is C12H22O4S2. The Morgan fingerprint density at radius 1 is 0.833 bits per heavy atom. The van der Waals surface area contributed by atoms with Gasteiger partial charge in [0.15, 0.2) is 11.6 Å². The Balaban J connectivity index is 1.55. The summed E-state index contributed by atoms with van der Waals surface area (Å²) in [5.74, 6) is 1.07. The molecule has 0 bridgehead atoms. The molecule has 0 aromatic carbocycles. The Hall–Kier alpha value is 0.540. The highest BCUT2D eigenvalue weighted by Crippen LogP contribution is 2.32. The Labute approximate surface area is 117 Å². The van der Waals surface area contributed by atoms with Gasteiger partial charge in [0.05, 0.1) is 25.4 Å². The van der Waals surface area contributed by atoms with Gasteiger partial charge in [-0.3, -0.25) is 0 Å². The molecular weight excluding hydrogens is 272 g/mol. The van der Waals surface area contributed by atoms with Crippen molar-refractivity contribution < 1.29 is 18.9 Å². The first-order valence-corrected chi connectivity index (χ1v) is 8.73. The van der Waals surface area contributed by atoms with Gasteiger partial charge in [-0.2, -0.15) is 0 Å². The van der Waals surface area contributed by atoms with E-state index in [1.165, 1.54) is 0 Å². The fourth-order valence-corrected chi connectivity index (χ4v) is 4.25. The zero-order valence-corrected chi connectivity index (χ0v) is 13.1. The van der Waals surface area contributed by atoms with Crippen molar-refractivity contribution in [3.63, 3.8) is 0 Å². The van der Waals surface area contributed by atoms with E-state index in [4.69, 9.17) is 18.9 Å². The summed E-state index contributed by atoms with van der Waals surface area (Å²) in [5, 5.41) is 0. The van der Waals surface area contributed by atoms with Crippen LogP contribution < -0.4 is 0 Å². The third-order valence-electron chi connectivity index (χ3n) is 2.73. The first kappa shape index (κ1) is 14.9. The third kappa shape index (κ3) is 4.58. The van der Waals surface area contributed by atoms with E-state index in [2.05, 4.69) is 0 Å². The molecule has 0 amide bonds. The normalized spacial score (nSPS) is 34.0. The number of rotatable bonds is 5. The molecule has 6 heteroatoms. The monoisotopic (exact) mass is 294 g/mol. The maximum Gasteiger partial charge on any atom is 0.163 e. The van der Waals surface area contributed by atoms with Crippen LogP contribution in [0.5, 0.6) is 0 Å². The van der Waals surface area contributed by atoms with E-state index in [0.29, 0.717) is 13.2 Å². The number of hydrogen-bond acceptors (Lipinski definition) is 6. The molecule has 4 nitrogen and oxygen atoms in total.